The summed E-state index contributed by atoms with van der Waals surface area (Å²) in [7, 11) is 0. The zero-order valence-electron chi connectivity index (χ0n) is 11.8. The summed E-state index contributed by atoms with van der Waals surface area (Å²) in [5.41, 5.74) is -0.695. The topological polar surface area (TPSA) is 114 Å². The third-order valence-electron chi connectivity index (χ3n) is 1.77. The summed E-state index contributed by atoms with van der Waals surface area (Å²) in [5, 5.41) is 13.3. The number of carboxylic acid groups (broad SMARTS) is 1. The predicted molar refractivity (Wildman–Crippen MR) is 70.3 cm³/mol. The zero-order valence-corrected chi connectivity index (χ0v) is 11.8. The lowest BCUT2D eigenvalue weighted by Crippen LogP contribution is -2.49. The van der Waals surface area contributed by atoms with E-state index in [0.717, 1.165) is 0 Å². The van der Waals surface area contributed by atoms with Crippen molar-refractivity contribution in [2.45, 2.75) is 32.4 Å². The van der Waals surface area contributed by atoms with Crippen LogP contribution in [0.4, 0.5) is 9.59 Å². The molecular weight excluding hydrogens is 268 g/mol. The Hall–Kier alpha value is -2.25. The molecule has 0 spiro atoms. The summed E-state index contributed by atoms with van der Waals surface area (Å²) in [6.45, 7) is 7.99. The first-order valence-electron chi connectivity index (χ1n) is 5.89. The second-order valence-electron chi connectivity index (χ2n) is 4.81. The molecule has 0 aliphatic carbocycles. The molecule has 114 valence electrons. The molecule has 0 aliphatic rings. The van der Waals surface area contributed by atoms with Gasteiger partial charge < -0.3 is 25.2 Å². The number of aliphatic carboxylic acids is 1. The number of carboxylic acids is 1. The van der Waals surface area contributed by atoms with E-state index >= 15 is 0 Å². The van der Waals surface area contributed by atoms with Gasteiger partial charge >= 0.3 is 18.2 Å². The van der Waals surface area contributed by atoms with Crippen molar-refractivity contribution in [3.63, 3.8) is 0 Å². The molecular formula is C12H20N2O6. The predicted octanol–water partition coefficient (Wildman–Crippen LogP) is 0.876. The van der Waals surface area contributed by atoms with Crippen molar-refractivity contribution in [2.75, 3.05) is 13.2 Å². The average molecular weight is 288 g/mol. The highest BCUT2D eigenvalue weighted by atomic mass is 16.6. The summed E-state index contributed by atoms with van der Waals surface area (Å²) >= 11 is 0. The Morgan fingerprint density at radius 1 is 1.30 bits per heavy atom. The molecule has 0 heterocycles. The summed E-state index contributed by atoms with van der Waals surface area (Å²) in [6.07, 6.45) is -0.345. The summed E-state index contributed by atoms with van der Waals surface area (Å²) in [4.78, 5) is 33.5. The van der Waals surface area contributed by atoms with Gasteiger partial charge in [-0.1, -0.05) is 12.7 Å². The lowest BCUT2D eigenvalue weighted by Gasteiger charge is -2.21. The molecule has 20 heavy (non-hydrogen) atoms. The van der Waals surface area contributed by atoms with Crippen LogP contribution >= 0.6 is 0 Å². The number of carbonyl (C=O) groups is 3. The van der Waals surface area contributed by atoms with E-state index in [-0.39, 0.29) is 13.2 Å². The van der Waals surface area contributed by atoms with Crippen molar-refractivity contribution in [3.8, 4) is 0 Å². The molecule has 0 rings (SSSR count). The molecule has 0 saturated heterocycles. The first-order chi connectivity index (χ1) is 9.15. The minimum absolute atomic E-state index is 0.0440. The Balaban J connectivity index is 4.28. The number of alkyl carbamates (subject to hydrolysis) is 2. The maximum atomic E-state index is 11.4. The molecule has 0 bridgehead atoms. The fourth-order valence-electron chi connectivity index (χ4n) is 1.02. The van der Waals surface area contributed by atoms with Crippen molar-refractivity contribution in [2.24, 2.45) is 0 Å². The number of hydrogen-bond acceptors (Lipinski definition) is 5. The van der Waals surface area contributed by atoms with Gasteiger partial charge in [-0.15, -0.1) is 0 Å². The molecule has 0 aliphatic heterocycles. The van der Waals surface area contributed by atoms with Gasteiger partial charge in [-0.25, -0.2) is 14.4 Å². The first-order valence-corrected chi connectivity index (χ1v) is 5.89. The maximum absolute atomic E-state index is 11.4. The van der Waals surface area contributed by atoms with Crippen LogP contribution in [0, 0.1) is 0 Å². The molecule has 2 amide bonds. The van der Waals surface area contributed by atoms with Crippen LogP contribution in [0.15, 0.2) is 12.7 Å². The number of rotatable bonds is 6. The molecule has 8 heteroatoms. The third kappa shape index (κ3) is 8.78. The van der Waals surface area contributed by atoms with E-state index in [0.29, 0.717) is 0 Å². The smallest absolute Gasteiger partial charge is 0.408 e. The summed E-state index contributed by atoms with van der Waals surface area (Å²) in [6, 6.07) is -1.32. The Bertz CT molecular complexity index is 375. The standard InChI is InChI=1S/C12H20N2O6/c1-5-6-19-11(18)14-8(9(15)16)7-13-10(17)20-12(2,3)4/h5,8H,1,6-7H2,2-4H3,(H,13,17)(H,14,18)(H,15,16)/t8-/m0/s1. The highest BCUT2D eigenvalue weighted by Crippen LogP contribution is 2.06. The van der Waals surface area contributed by atoms with Crippen molar-refractivity contribution < 1.29 is 29.0 Å². The zero-order chi connectivity index (χ0) is 15.8. The monoisotopic (exact) mass is 288 g/mol. The minimum atomic E-state index is -1.32. The molecule has 0 aromatic rings. The number of amides is 2. The Morgan fingerprint density at radius 3 is 2.35 bits per heavy atom. The van der Waals surface area contributed by atoms with E-state index in [2.05, 4.69) is 21.9 Å². The van der Waals surface area contributed by atoms with Crippen molar-refractivity contribution in [3.05, 3.63) is 12.7 Å². The van der Waals surface area contributed by atoms with Crippen LogP contribution in [0.1, 0.15) is 20.8 Å². The van der Waals surface area contributed by atoms with Gasteiger partial charge in [0.1, 0.15) is 18.2 Å². The van der Waals surface area contributed by atoms with Gasteiger partial charge in [0.15, 0.2) is 0 Å². The van der Waals surface area contributed by atoms with Crippen molar-refractivity contribution >= 4 is 18.2 Å². The normalized spacial score (nSPS) is 11.9. The molecule has 0 unspecified atom stereocenters. The molecule has 0 aromatic carbocycles. The quantitative estimate of drug-likeness (QED) is 0.625. The molecule has 1 atom stereocenters. The average Bonchev–Trinajstić information content (AvgIpc) is 2.29. The number of nitrogens with one attached hydrogen (secondary N) is 2. The molecule has 8 nitrogen and oxygen atoms in total. The highest BCUT2D eigenvalue weighted by Gasteiger charge is 2.23. The second-order valence-corrected chi connectivity index (χ2v) is 4.81. The van der Waals surface area contributed by atoms with Crippen LogP contribution in [0.3, 0.4) is 0 Å². The SMILES string of the molecule is C=CCOC(=O)N[C@@H](CNC(=O)OC(C)(C)C)C(=O)O. The summed E-state index contributed by atoms with van der Waals surface area (Å²) < 4.78 is 9.52. The number of ether oxygens (including phenoxy) is 2. The molecule has 3 N–H and O–H groups in total. The van der Waals surface area contributed by atoms with Gasteiger partial charge in [0.05, 0.1) is 6.54 Å². The van der Waals surface area contributed by atoms with Crippen LogP contribution in [0.5, 0.6) is 0 Å². The van der Waals surface area contributed by atoms with E-state index in [1.807, 2.05) is 0 Å². The molecule has 0 aromatic heterocycles. The van der Waals surface area contributed by atoms with Crippen LogP contribution in [-0.4, -0.2) is 48.1 Å². The maximum Gasteiger partial charge on any atom is 0.408 e. The fourth-order valence-corrected chi connectivity index (χ4v) is 1.02. The second kappa shape index (κ2) is 8.03. The van der Waals surface area contributed by atoms with E-state index in [9.17, 15) is 14.4 Å². The van der Waals surface area contributed by atoms with Gasteiger partial charge in [-0.05, 0) is 20.8 Å². The van der Waals surface area contributed by atoms with Crippen molar-refractivity contribution in [1.29, 1.82) is 0 Å². The lowest BCUT2D eigenvalue weighted by molar-refractivity contribution is -0.139. The third-order valence-corrected chi connectivity index (χ3v) is 1.77. The minimum Gasteiger partial charge on any atom is -0.480 e. The van der Waals surface area contributed by atoms with Gasteiger partial charge in [-0.2, -0.15) is 0 Å². The molecule has 0 radical (unpaired) electrons. The van der Waals surface area contributed by atoms with Gasteiger partial charge in [-0.3, -0.25) is 0 Å². The van der Waals surface area contributed by atoms with E-state index in [1.54, 1.807) is 20.8 Å². The number of hydrogen-bond donors (Lipinski definition) is 3. The Labute approximate surface area is 117 Å². The van der Waals surface area contributed by atoms with Crippen LogP contribution in [0.25, 0.3) is 0 Å². The van der Waals surface area contributed by atoms with Gasteiger partial charge in [0.25, 0.3) is 0 Å². The van der Waals surface area contributed by atoms with Gasteiger partial charge in [0, 0.05) is 0 Å². The lowest BCUT2D eigenvalue weighted by atomic mass is 10.2. The summed E-state index contributed by atoms with van der Waals surface area (Å²) in [5.74, 6) is -1.31. The number of carbonyl (C=O) groups excluding carboxylic acids is 2. The molecule has 0 saturated carbocycles. The fraction of sp³-hybridized carbons (Fsp3) is 0.583. The van der Waals surface area contributed by atoms with Crippen LogP contribution < -0.4 is 10.6 Å². The largest absolute Gasteiger partial charge is 0.480 e. The highest BCUT2D eigenvalue weighted by molar-refractivity contribution is 5.81. The first kappa shape index (κ1) is 17.8. The van der Waals surface area contributed by atoms with E-state index in [1.165, 1.54) is 6.08 Å². The molecule has 0 fully saturated rings. The van der Waals surface area contributed by atoms with Crippen LogP contribution in [0.2, 0.25) is 0 Å². The Morgan fingerprint density at radius 2 is 1.90 bits per heavy atom. The van der Waals surface area contributed by atoms with E-state index < -0.39 is 29.8 Å². The Kier molecular flexibility index (Phi) is 7.12. The van der Waals surface area contributed by atoms with Gasteiger partial charge in [0.2, 0.25) is 0 Å². The van der Waals surface area contributed by atoms with Crippen LogP contribution in [-0.2, 0) is 14.3 Å². The van der Waals surface area contributed by atoms with Crippen molar-refractivity contribution in [1.82, 2.24) is 10.6 Å². The van der Waals surface area contributed by atoms with E-state index in [4.69, 9.17) is 9.84 Å².